The van der Waals surface area contributed by atoms with E-state index in [-0.39, 0.29) is 12.4 Å². The molecule has 2 aromatic rings. The largest absolute Gasteiger partial charge is 0.469 e. The Bertz CT molecular complexity index is 623. The first-order valence-electron chi connectivity index (χ1n) is 6.86. The molecule has 2 rings (SSSR count). The number of carbonyl (C=O) groups is 1. The van der Waals surface area contributed by atoms with Crippen LogP contribution in [0.5, 0.6) is 0 Å². The van der Waals surface area contributed by atoms with E-state index in [0.29, 0.717) is 0 Å². The molecule has 1 heterocycles. The van der Waals surface area contributed by atoms with E-state index in [2.05, 4.69) is 17.2 Å². The van der Waals surface area contributed by atoms with Gasteiger partial charge in [-0.15, -0.1) is 0 Å². The highest BCUT2D eigenvalue weighted by atomic mass is 16.5. The molecular formula is C16H20N2O2. The van der Waals surface area contributed by atoms with E-state index < -0.39 is 0 Å². The standard InChI is InChI=1S/C16H20N2O2/c1-4-9-17-16-12-7-5-6-8-14(12)18-11(2)13(16)10-15(19)20-3/h5-8H,4,9-10H2,1-3H3,(H,17,18). The quantitative estimate of drug-likeness (QED) is 0.850. The molecule has 0 saturated heterocycles. The monoisotopic (exact) mass is 272 g/mol. The lowest BCUT2D eigenvalue weighted by atomic mass is 10.0. The van der Waals surface area contributed by atoms with Crippen LogP contribution < -0.4 is 5.32 Å². The van der Waals surface area contributed by atoms with Crippen molar-refractivity contribution in [3.63, 3.8) is 0 Å². The first-order valence-corrected chi connectivity index (χ1v) is 6.86. The Balaban J connectivity index is 2.57. The van der Waals surface area contributed by atoms with Gasteiger partial charge in [-0.2, -0.15) is 0 Å². The first kappa shape index (κ1) is 14.3. The van der Waals surface area contributed by atoms with Gasteiger partial charge in [-0.1, -0.05) is 25.1 Å². The molecule has 0 amide bonds. The number of hydrogen-bond donors (Lipinski definition) is 1. The fraction of sp³-hybridized carbons (Fsp3) is 0.375. The summed E-state index contributed by atoms with van der Waals surface area (Å²) in [5.74, 6) is -0.246. The zero-order valence-corrected chi connectivity index (χ0v) is 12.2. The minimum absolute atomic E-state index is 0.242. The molecule has 1 N–H and O–H groups in total. The molecule has 0 saturated carbocycles. The van der Waals surface area contributed by atoms with Gasteiger partial charge in [0, 0.05) is 28.9 Å². The zero-order chi connectivity index (χ0) is 14.5. The third kappa shape index (κ3) is 2.90. The number of carbonyl (C=O) groups excluding carboxylic acids is 1. The summed E-state index contributed by atoms with van der Waals surface area (Å²) in [6, 6.07) is 7.97. The maximum atomic E-state index is 11.6. The topological polar surface area (TPSA) is 51.2 Å². The number of aromatic nitrogens is 1. The average molecular weight is 272 g/mol. The second-order valence-electron chi connectivity index (χ2n) is 4.75. The smallest absolute Gasteiger partial charge is 0.310 e. The number of anilines is 1. The molecule has 0 aliphatic carbocycles. The van der Waals surface area contributed by atoms with Gasteiger partial charge in [0.05, 0.1) is 19.0 Å². The molecule has 106 valence electrons. The van der Waals surface area contributed by atoms with Crippen LogP contribution in [-0.2, 0) is 16.0 Å². The molecule has 20 heavy (non-hydrogen) atoms. The van der Waals surface area contributed by atoms with E-state index in [9.17, 15) is 4.79 Å². The van der Waals surface area contributed by atoms with E-state index in [1.807, 2.05) is 31.2 Å². The second kappa shape index (κ2) is 6.37. The van der Waals surface area contributed by atoms with Crippen LogP contribution in [0.2, 0.25) is 0 Å². The molecule has 1 aromatic heterocycles. The molecule has 0 unspecified atom stereocenters. The SMILES string of the molecule is CCCNc1c(CC(=O)OC)c(C)nc2ccccc12. The summed E-state index contributed by atoms with van der Waals surface area (Å²) in [6.45, 7) is 4.91. The summed E-state index contributed by atoms with van der Waals surface area (Å²) in [4.78, 5) is 16.2. The summed E-state index contributed by atoms with van der Waals surface area (Å²) < 4.78 is 4.79. The average Bonchev–Trinajstić information content (AvgIpc) is 2.46. The van der Waals surface area contributed by atoms with Crippen LogP contribution >= 0.6 is 0 Å². The number of pyridine rings is 1. The van der Waals surface area contributed by atoms with E-state index in [4.69, 9.17) is 4.74 Å². The van der Waals surface area contributed by atoms with Gasteiger partial charge in [0.25, 0.3) is 0 Å². The number of nitrogens with zero attached hydrogens (tertiary/aromatic N) is 1. The molecule has 0 aliphatic heterocycles. The number of esters is 1. The lowest BCUT2D eigenvalue weighted by molar-refractivity contribution is -0.139. The van der Waals surface area contributed by atoms with Gasteiger partial charge >= 0.3 is 5.97 Å². The first-order chi connectivity index (χ1) is 9.67. The van der Waals surface area contributed by atoms with Crippen molar-refractivity contribution in [3.8, 4) is 0 Å². The molecular weight excluding hydrogens is 252 g/mol. The second-order valence-corrected chi connectivity index (χ2v) is 4.75. The minimum atomic E-state index is -0.246. The molecule has 0 spiro atoms. The number of ether oxygens (including phenoxy) is 1. The van der Waals surface area contributed by atoms with Gasteiger partial charge in [0.1, 0.15) is 0 Å². The Morgan fingerprint density at radius 2 is 2.10 bits per heavy atom. The van der Waals surface area contributed by atoms with Crippen molar-refractivity contribution in [2.75, 3.05) is 19.0 Å². The van der Waals surface area contributed by atoms with Crippen molar-refractivity contribution >= 4 is 22.6 Å². The van der Waals surface area contributed by atoms with Crippen LogP contribution in [0.3, 0.4) is 0 Å². The maximum Gasteiger partial charge on any atom is 0.310 e. The van der Waals surface area contributed by atoms with Gasteiger partial charge < -0.3 is 10.1 Å². The number of rotatable bonds is 5. The van der Waals surface area contributed by atoms with Crippen molar-refractivity contribution < 1.29 is 9.53 Å². The molecule has 1 aromatic carbocycles. The van der Waals surface area contributed by atoms with Crippen LogP contribution in [0.15, 0.2) is 24.3 Å². The summed E-state index contributed by atoms with van der Waals surface area (Å²) in [5, 5.41) is 4.48. The number of fused-ring (bicyclic) bond motifs is 1. The minimum Gasteiger partial charge on any atom is -0.469 e. The third-order valence-electron chi connectivity index (χ3n) is 3.30. The maximum absolute atomic E-state index is 11.6. The lowest BCUT2D eigenvalue weighted by Crippen LogP contribution is -2.12. The Morgan fingerprint density at radius 3 is 2.80 bits per heavy atom. The van der Waals surface area contributed by atoms with Crippen LogP contribution in [-0.4, -0.2) is 24.6 Å². The van der Waals surface area contributed by atoms with E-state index >= 15 is 0 Å². The zero-order valence-electron chi connectivity index (χ0n) is 12.2. The molecule has 0 fully saturated rings. The predicted molar refractivity (Wildman–Crippen MR) is 81.0 cm³/mol. The van der Waals surface area contributed by atoms with Gasteiger partial charge in [-0.25, -0.2) is 0 Å². The van der Waals surface area contributed by atoms with Gasteiger partial charge in [-0.3, -0.25) is 9.78 Å². The molecule has 0 atom stereocenters. The number of nitrogens with one attached hydrogen (secondary N) is 1. The predicted octanol–water partition coefficient (Wildman–Crippen LogP) is 3.08. The Labute approximate surface area is 119 Å². The number of benzene rings is 1. The van der Waals surface area contributed by atoms with Gasteiger partial charge in [0.2, 0.25) is 0 Å². The fourth-order valence-electron chi connectivity index (χ4n) is 2.26. The van der Waals surface area contributed by atoms with Crippen molar-refractivity contribution in [2.45, 2.75) is 26.7 Å². The molecule has 0 aliphatic rings. The molecule has 4 nitrogen and oxygen atoms in total. The van der Waals surface area contributed by atoms with Crippen LogP contribution in [0.1, 0.15) is 24.6 Å². The van der Waals surface area contributed by atoms with E-state index in [1.54, 1.807) is 0 Å². The normalized spacial score (nSPS) is 10.6. The number of hydrogen-bond acceptors (Lipinski definition) is 4. The molecule has 0 bridgehead atoms. The third-order valence-corrected chi connectivity index (χ3v) is 3.30. The van der Waals surface area contributed by atoms with E-state index in [0.717, 1.165) is 40.8 Å². The number of aryl methyl sites for hydroxylation is 1. The summed E-state index contributed by atoms with van der Waals surface area (Å²) in [6.07, 6.45) is 1.26. The summed E-state index contributed by atoms with van der Waals surface area (Å²) >= 11 is 0. The van der Waals surface area contributed by atoms with Crippen LogP contribution in [0.4, 0.5) is 5.69 Å². The van der Waals surface area contributed by atoms with Crippen molar-refractivity contribution in [2.24, 2.45) is 0 Å². The summed E-state index contributed by atoms with van der Waals surface area (Å²) in [7, 11) is 1.41. The van der Waals surface area contributed by atoms with E-state index in [1.165, 1.54) is 7.11 Å². The van der Waals surface area contributed by atoms with Crippen molar-refractivity contribution in [3.05, 3.63) is 35.5 Å². The lowest BCUT2D eigenvalue weighted by Gasteiger charge is -2.16. The van der Waals surface area contributed by atoms with Crippen LogP contribution in [0.25, 0.3) is 10.9 Å². The number of methoxy groups -OCH3 is 1. The Morgan fingerprint density at radius 1 is 1.35 bits per heavy atom. The summed E-state index contributed by atoms with van der Waals surface area (Å²) in [5.41, 5.74) is 3.73. The highest BCUT2D eigenvalue weighted by molar-refractivity contribution is 5.94. The Hall–Kier alpha value is -2.10. The van der Waals surface area contributed by atoms with Crippen LogP contribution in [0, 0.1) is 6.92 Å². The Kier molecular flexibility index (Phi) is 4.56. The highest BCUT2D eigenvalue weighted by Gasteiger charge is 2.15. The number of para-hydroxylation sites is 1. The van der Waals surface area contributed by atoms with Crippen molar-refractivity contribution in [1.29, 1.82) is 0 Å². The highest BCUT2D eigenvalue weighted by Crippen LogP contribution is 2.29. The fourth-order valence-corrected chi connectivity index (χ4v) is 2.26. The molecule has 0 radical (unpaired) electrons. The van der Waals surface area contributed by atoms with Gasteiger partial charge in [0.15, 0.2) is 0 Å². The van der Waals surface area contributed by atoms with Crippen molar-refractivity contribution in [1.82, 2.24) is 4.98 Å². The van der Waals surface area contributed by atoms with Gasteiger partial charge in [-0.05, 0) is 19.4 Å². The molecule has 4 heteroatoms.